The number of carbonyl (C=O) groups excluding carboxylic acids is 1. The van der Waals surface area contributed by atoms with Crippen LogP contribution >= 0.6 is 24.8 Å². The Morgan fingerprint density at radius 2 is 1.52 bits per heavy atom. The topological polar surface area (TPSA) is 49.6 Å². The predicted octanol–water partition coefficient (Wildman–Crippen LogP) is 3.07. The van der Waals surface area contributed by atoms with Gasteiger partial charge in [-0.25, -0.2) is 0 Å². The average Bonchev–Trinajstić information content (AvgIpc) is 2.45. The Bertz CT molecular complexity index is 357. The zero-order chi connectivity index (χ0) is 15.5. The molecule has 2 rings (SSSR count). The second-order valence-corrected chi connectivity index (χ2v) is 8.16. The van der Waals surface area contributed by atoms with Crippen LogP contribution in [-0.4, -0.2) is 54.0 Å². The molecule has 1 aliphatic heterocycles. The molecule has 1 heterocycles. The average molecular weight is 368 g/mol. The Morgan fingerprint density at radius 3 is 2.00 bits per heavy atom. The maximum absolute atomic E-state index is 12.7. The van der Waals surface area contributed by atoms with Crippen molar-refractivity contribution in [2.45, 2.75) is 64.8 Å². The molecule has 0 unspecified atom stereocenters. The third kappa shape index (κ3) is 6.77. The molecule has 0 bridgehead atoms. The van der Waals surface area contributed by atoms with Crippen molar-refractivity contribution in [2.24, 2.45) is 11.1 Å². The van der Waals surface area contributed by atoms with Gasteiger partial charge >= 0.3 is 0 Å². The number of rotatable bonds is 3. The van der Waals surface area contributed by atoms with Gasteiger partial charge in [-0.15, -0.1) is 24.8 Å². The van der Waals surface area contributed by atoms with Crippen molar-refractivity contribution in [2.75, 3.05) is 32.7 Å². The Morgan fingerprint density at radius 1 is 1.00 bits per heavy atom. The molecule has 2 N–H and O–H groups in total. The molecule has 6 heteroatoms. The second-order valence-electron chi connectivity index (χ2n) is 8.16. The number of hydrogen-bond donors (Lipinski definition) is 1. The molecular formula is C17H35Cl2N3O. The van der Waals surface area contributed by atoms with E-state index in [-0.39, 0.29) is 30.7 Å². The lowest BCUT2D eigenvalue weighted by Crippen LogP contribution is -2.60. The summed E-state index contributed by atoms with van der Waals surface area (Å²) < 4.78 is 0. The standard InChI is InChI=1S/C17H33N3O.2ClH/c1-16(2,3)9-10-19-11-13-20(14-12-19)15(21)17(18)7-5-4-6-8-17;;/h4-14,18H2,1-3H3;2*1H. The maximum atomic E-state index is 12.7. The van der Waals surface area contributed by atoms with Crippen LogP contribution in [0.1, 0.15) is 59.3 Å². The molecular weight excluding hydrogens is 333 g/mol. The Hall–Kier alpha value is -0.0300. The summed E-state index contributed by atoms with van der Waals surface area (Å²) in [5.74, 6) is 0.206. The van der Waals surface area contributed by atoms with E-state index >= 15 is 0 Å². The van der Waals surface area contributed by atoms with Crippen LogP contribution in [0.2, 0.25) is 0 Å². The third-order valence-electron chi connectivity index (χ3n) is 5.01. The summed E-state index contributed by atoms with van der Waals surface area (Å²) >= 11 is 0. The molecule has 4 nitrogen and oxygen atoms in total. The molecule has 1 amide bonds. The van der Waals surface area contributed by atoms with Crippen LogP contribution in [0.5, 0.6) is 0 Å². The lowest BCUT2D eigenvalue weighted by Gasteiger charge is -2.41. The summed E-state index contributed by atoms with van der Waals surface area (Å²) in [5.41, 5.74) is 6.20. The summed E-state index contributed by atoms with van der Waals surface area (Å²) in [6, 6.07) is 0. The number of halogens is 2. The van der Waals surface area contributed by atoms with Gasteiger partial charge in [0.1, 0.15) is 0 Å². The van der Waals surface area contributed by atoms with E-state index in [4.69, 9.17) is 5.73 Å². The molecule has 1 aliphatic carbocycles. The number of carbonyl (C=O) groups is 1. The fourth-order valence-corrected chi connectivity index (χ4v) is 3.38. The fraction of sp³-hybridized carbons (Fsp3) is 0.941. The molecule has 2 aliphatic rings. The van der Waals surface area contributed by atoms with E-state index in [9.17, 15) is 4.79 Å². The summed E-state index contributed by atoms with van der Waals surface area (Å²) in [5, 5.41) is 0. The van der Waals surface area contributed by atoms with E-state index in [0.717, 1.165) is 58.4 Å². The van der Waals surface area contributed by atoms with E-state index < -0.39 is 5.54 Å². The van der Waals surface area contributed by atoms with Gasteiger partial charge in [0.2, 0.25) is 5.91 Å². The molecule has 0 atom stereocenters. The first-order chi connectivity index (χ1) is 9.80. The van der Waals surface area contributed by atoms with Gasteiger partial charge < -0.3 is 10.6 Å². The van der Waals surface area contributed by atoms with Crippen LogP contribution in [0.4, 0.5) is 0 Å². The van der Waals surface area contributed by atoms with Crippen molar-refractivity contribution >= 4 is 30.7 Å². The maximum Gasteiger partial charge on any atom is 0.242 e. The van der Waals surface area contributed by atoms with Crippen molar-refractivity contribution in [1.82, 2.24) is 9.80 Å². The summed E-state index contributed by atoms with van der Waals surface area (Å²) in [6.45, 7) is 11.7. The minimum Gasteiger partial charge on any atom is -0.339 e. The Labute approximate surface area is 154 Å². The van der Waals surface area contributed by atoms with Crippen molar-refractivity contribution in [3.8, 4) is 0 Å². The molecule has 1 saturated carbocycles. The van der Waals surface area contributed by atoms with Gasteiger partial charge in [-0.1, -0.05) is 40.0 Å². The number of nitrogens with zero attached hydrogens (tertiary/aromatic N) is 2. The first-order valence-electron chi connectivity index (χ1n) is 8.61. The van der Waals surface area contributed by atoms with Crippen LogP contribution in [-0.2, 0) is 4.79 Å². The van der Waals surface area contributed by atoms with Crippen LogP contribution in [0.25, 0.3) is 0 Å². The lowest BCUT2D eigenvalue weighted by atomic mass is 9.81. The second kappa shape index (κ2) is 9.45. The van der Waals surface area contributed by atoms with E-state index in [1.165, 1.54) is 12.8 Å². The van der Waals surface area contributed by atoms with Crippen LogP contribution in [0, 0.1) is 5.41 Å². The smallest absolute Gasteiger partial charge is 0.242 e. The van der Waals surface area contributed by atoms with Gasteiger partial charge in [0.05, 0.1) is 5.54 Å². The number of piperazine rings is 1. The lowest BCUT2D eigenvalue weighted by molar-refractivity contribution is -0.140. The zero-order valence-corrected chi connectivity index (χ0v) is 16.6. The number of nitrogens with two attached hydrogens (primary N) is 1. The minimum absolute atomic E-state index is 0. The van der Waals surface area contributed by atoms with Crippen molar-refractivity contribution < 1.29 is 4.79 Å². The molecule has 0 radical (unpaired) electrons. The molecule has 23 heavy (non-hydrogen) atoms. The predicted molar refractivity (Wildman–Crippen MR) is 102 cm³/mol. The summed E-state index contributed by atoms with van der Waals surface area (Å²) in [4.78, 5) is 17.2. The zero-order valence-electron chi connectivity index (χ0n) is 15.0. The molecule has 0 aromatic heterocycles. The van der Waals surface area contributed by atoms with Crippen LogP contribution in [0.3, 0.4) is 0 Å². The largest absolute Gasteiger partial charge is 0.339 e. The van der Waals surface area contributed by atoms with E-state index in [1.807, 2.05) is 4.90 Å². The highest BCUT2D eigenvalue weighted by atomic mass is 35.5. The first kappa shape index (κ1) is 23.0. The molecule has 2 fully saturated rings. The van der Waals surface area contributed by atoms with Gasteiger partial charge in [-0.05, 0) is 31.2 Å². The van der Waals surface area contributed by atoms with E-state index in [1.54, 1.807) is 0 Å². The summed E-state index contributed by atoms with van der Waals surface area (Å²) in [7, 11) is 0. The van der Waals surface area contributed by atoms with Crippen molar-refractivity contribution in [1.29, 1.82) is 0 Å². The van der Waals surface area contributed by atoms with Gasteiger partial charge in [0.15, 0.2) is 0 Å². The highest BCUT2D eigenvalue weighted by Crippen LogP contribution is 2.28. The van der Waals surface area contributed by atoms with Gasteiger partial charge in [-0.3, -0.25) is 9.69 Å². The summed E-state index contributed by atoms with van der Waals surface area (Å²) in [6.07, 6.45) is 6.39. The van der Waals surface area contributed by atoms with Crippen LogP contribution < -0.4 is 5.73 Å². The monoisotopic (exact) mass is 367 g/mol. The van der Waals surface area contributed by atoms with Crippen molar-refractivity contribution in [3.05, 3.63) is 0 Å². The molecule has 138 valence electrons. The molecule has 0 aromatic carbocycles. The molecule has 0 spiro atoms. The van der Waals surface area contributed by atoms with Crippen LogP contribution in [0.15, 0.2) is 0 Å². The van der Waals surface area contributed by atoms with E-state index in [0.29, 0.717) is 5.41 Å². The highest BCUT2D eigenvalue weighted by molar-refractivity contribution is 5.86. The third-order valence-corrected chi connectivity index (χ3v) is 5.01. The SMILES string of the molecule is CC(C)(C)CCN1CCN(C(=O)C2(N)CCCCC2)CC1.Cl.Cl. The van der Waals surface area contributed by atoms with Crippen molar-refractivity contribution in [3.63, 3.8) is 0 Å². The quantitative estimate of drug-likeness (QED) is 0.833. The van der Waals surface area contributed by atoms with Gasteiger partial charge in [-0.2, -0.15) is 0 Å². The minimum atomic E-state index is -0.564. The fourth-order valence-electron chi connectivity index (χ4n) is 3.38. The number of amides is 1. The highest BCUT2D eigenvalue weighted by Gasteiger charge is 2.39. The normalized spacial score (nSPS) is 22.0. The Balaban J connectivity index is 0.00000242. The first-order valence-corrected chi connectivity index (χ1v) is 8.61. The molecule has 0 aromatic rings. The molecule has 1 saturated heterocycles. The van der Waals surface area contributed by atoms with Gasteiger partial charge in [0.25, 0.3) is 0 Å². The van der Waals surface area contributed by atoms with E-state index in [2.05, 4.69) is 25.7 Å². The number of hydrogen-bond acceptors (Lipinski definition) is 3. The van der Waals surface area contributed by atoms with Gasteiger partial charge in [0, 0.05) is 26.2 Å². The Kier molecular flexibility index (Phi) is 9.44.